The van der Waals surface area contributed by atoms with E-state index in [1.165, 1.54) is 7.11 Å². The van der Waals surface area contributed by atoms with E-state index in [4.69, 9.17) is 4.42 Å². The van der Waals surface area contributed by atoms with Crippen LogP contribution in [0.4, 0.5) is 5.13 Å². The second-order valence-corrected chi connectivity index (χ2v) is 6.00. The first-order chi connectivity index (χ1) is 10.3. The Morgan fingerprint density at radius 3 is 2.59 bits per heavy atom. The van der Waals surface area contributed by atoms with Crippen LogP contribution in [0, 0.1) is 20.8 Å². The van der Waals surface area contributed by atoms with Crippen LogP contribution in [0.1, 0.15) is 45.3 Å². The van der Waals surface area contributed by atoms with Crippen LogP contribution in [0.15, 0.2) is 10.5 Å². The van der Waals surface area contributed by atoms with E-state index in [1.54, 1.807) is 13.8 Å². The Bertz CT molecular complexity index is 717. The first-order valence-corrected chi connectivity index (χ1v) is 7.58. The molecule has 0 spiro atoms. The summed E-state index contributed by atoms with van der Waals surface area (Å²) < 4.78 is 10.1. The number of carbonyl (C=O) groups is 2. The first kappa shape index (κ1) is 16.2. The van der Waals surface area contributed by atoms with Gasteiger partial charge in [-0.2, -0.15) is 0 Å². The van der Waals surface area contributed by atoms with Crippen LogP contribution < -0.4 is 5.32 Å². The van der Waals surface area contributed by atoms with Gasteiger partial charge >= 0.3 is 5.97 Å². The van der Waals surface area contributed by atoms with Crippen molar-refractivity contribution in [3.8, 4) is 0 Å². The van der Waals surface area contributed by atoms with Gasteiger partial charge in [-0.25, -0.2) is 9.78 Å². The molecule has 22 heavy (non-hydrogen) atoms. The number of ether oxygens (including phenoxy) is 1. The zero-order valence-electron chi connectivity index (χ0n) is 13.1. The van der Waals surface area contributed by atoms with E-state index >= 15 is 0 Å². The van der Waals surface area contributed by atoms with Crippen LogP contribution in [0.5, 0.6) is 0 Å². The van der Waals surface area contributed by atoms with Crippen LogP contribution in [0.2, 0.25) is 0 Å². The summed E-state index contributed by atoms with van der Waals surface area (Å²) in [5.74, 6) is 0.470. The zero-order valence-corrected chi connectivity index (χ0v) is 14.0. The topological polar surface area (TPSA) is 81.4 Å². The molecule has 2 aromatic heterocycles. The van der Waals surface area contributed by atoms with Crippen LogP contribution >= 0.6 is 11.3 Å². The molecule has 1 N–H and O–H groups in total. The molecule has 0 aliphatic rings. The van der Waals surface area contributed by atoms with E-state index < -0.39 is 5.97 Å². The number of methoxy groups -OCH3 is 1. The van der Waals surface area contributed by atoms with Crippen LogP contribution in [-0.4, -0.2) is 24.0 Å². The number of nitrogens with zero attached hydrogens (tertiary/aromatic N) is 1. The summed E-state index contributed by atoms with van der Waals surface area (Å²) in [6.45, 7) is 7.17. The van der Waals surface area contributed by atoms with Crippen molar-refractivity contribution in [2.75, 3.05) is 12.4 Å². The average molecular weight is 322 g/mol. The number of esters is 1. The number of rotatable bonds is 4. The molecule has 118 valence electrons. The number of carbonyl (C=O) groups excluding carboxylic acids is 2. The maximum atomic E-state index is 12.3. The second kappa shape index (κ2) is 6.31. The molecule has 2 rings (SSSR count). The monoisotopic (exact) mass is 322 g/mol. The van der Waals surface area contributed by atoms with E-state index in [1.807, 2.05) is 19.9 Å². The summed E-state index contributed by atoms with van der Waals surface area (Å²) in [5.41, 5.74) is 1.38. The number of anilines is 1. The van der Waals surface area contributed by atoms with Gasteiger partial charge in [0, 0.05) is 5.56 Å². The number of furan rings is 1. The maximum absolute atomic E-state index is 12.3. The number of nitrogens with one attached hydrogen (secondary N) is 1. The SMILES string of the molecule is COC(=O)c1sc(NC(=O)[C@@H](C)c2cc(C)oc2C)nc1C. The van der Waals surface area contributed by atoms with E-state index in [-0.39, 0.29) is 11.8 Å². The Morgan fingerprint density at radius 1 is 1.36 bits per heavy atom. The quantitative estimate of drug-likeness (QED) is 0.874. The molecule has 1 atom stereocenters. The van der Waals surface area contributed by atoms with Gasteiger partial charge in [-0.1, -0.05) is 11.3 Å². The van der Waals surface area contributed by atoms with E-state index in [0.29, 0.717) is 15.7 Å². The molecule has 0 saturated carbocycles. The van der Waals surface area contributed by atoms with Crippen molar-refractivity contribution in [1.82, 2.24) is 4.98 Å². The van der Waals surface area contributed by atoms with Gasteiger partial charge in [0.1, 0.15) is 16.4 Å². The Labute approximate surface area is 132 Å². The van der Waals surface area contributed by atoms with Gasteiger partial charge in [-0.3, -0.25) is 4.79 Å². The summed E-state index contributed by atoms with van der Waals surface area (Å²) in [6, 6.07) is 1.85. The van der Waals surface area contributed by atoms with Gasteiger partial charge in [0.15, 0.2) is 5.13 Å². The van der Waals surface area contributed by atoms with Crippen molar-refractivity contribution >= 4 is 28.3 Å². The van der Waals surface area contributed by atoms with Crippen LogP contribution in [-0.2, 0) is 9.53 Å². The van der Waals surface area contributed by atoms with Crippen molar-refractivity contribution in [1.29, 1.82) is 0 Å². The minimum Gasteiger partial charge on any atom is -0.466 e. The minimum absolute atomic E-state index is 0.200. The molecule has 0 aliphatic carbocycles. The fraction of sp³-hybridized carbons (Fsp3) is 0.400. The standard InChI is InChI=1S/C15H18N2O4S/c1-7-6-11(10(4)21-7)8(2)13(18)17-15-16-9(3)12(22-15)14(19)20-5/h6,8H,1-5H3,(H,16,17,18)/t8-/m0/s1. The summed E-state index contributed by atoms with van der Waals surface area (Å²) in [5, 5.41) is 3.12. The number of aromatic nitrogens is 1. The van der Waals surface area contributed by atoms with Gasteiger partial charge in [-0.05, 0) is 33.8 Å². The summed E-state index contributed by atoms with van der Waals surface area (Å²) in [6.07, 6.45) is 0. The predicted octanol–water partition coefficient (Wildman–Crippen LogP) is 3.19. The molecule has 0 aromatic carbocycles. The Morgan fingerprint density at radius 2 is 2.05 bits per heavy atom. The highest BCUT2D eigenvalue weighted by Gasteiger charge is 2.22. The number of hydrogen-bond acceptors (Lipinski definition) is 6. The van der Waals surface area contributed by atoms with Gasteiger partial charge in [0.2, 0.25) is 5.91 Å². The molecular weight excluding hydrogens is 304 g/mol. The van der Waals surface area contributed by atoms with Crippen molar-refractivity contribution in [3.05, 3.63) is 33.7 Å². The van der Waals surface area contributed by atoms with E-state index in [9.17, 15) is 9.59 Å². The number of aryl methyl sites for hydroxylation is 3. The Hall–Kier alpha value is -2.15. The van der Waals surface area contributed by atoms with Crippen LogP contribution in [0.25, 0.3) is 0 Å². The van der Waals surface area contributed by atoms with Crippen LogP contribution in [0.3, 0.4) is 0 Å². The van der Waals surface area contributed by atoms with Crippen molar-refractivity contribution in [3.63, 3.8) is 0 Å². The van der Waals surface area contributed by atoms with Crippen molar-refractivity contribution in [2.24, 2.45) is 0 Å². The molecule has 0 aliphatic heterocycles. The van der Waals surface area contributed by atoms with Crippen molar-refractivity contribution in [2.45, 2.75) is 33.6 Å². The first-order valence-electron chi connectivity index (χ1n) is 6.77. The van der Waals surface area contributed by atoms with Gasteiger partial charge < -0.3 is 14.5 Å². The highest BCUT2D eigenvalue weighted by Crippen LogP contribution is 2.27. The number of amides is 1. The van der Waals surface area contributed by atoms with Crippen molar-refractivity contribution < 1.29 is 18.7 Å². The average Bonchev–Trinajstić information content (AvgIpc) is 2.99. The molecule has 0 bridgehead atoms. The largest absolute Gasteiger partial charge is 0.466 e. The second-order valence-electron chi connectivity index (χ2n) is 5.00. The fourth-order valence-electron chi connectivity index (χ4n) is 2.17. The number of thiazole rings is 1. The molecule has 6 nitrogen and oxygen atoms in total. The summed E-state index contributed by atoms with van der Waals surface area (Å²) in [4.78, 5) is 28.5. The third-order valence-corrected chi connectivity index (χ3v) is 4.39. The molecule has 0 unspecified atom stereocenters. The highest BCUT2D eigenvalue weighted by molar-refractivity contribution is 7.17. The molecular formula is C15H18N2O4S. The zero-order chi connectivity index (χ0) is 16.4. The number of hydrogen-bond donors (Lipinski definition) is 1. The van der Waals surface area contributed by atoms with E-state index in [0.717, 1.165) is 28.4 Å². The highest BCUT2D eigenvalue weighted by atomic mass is 32.1. The maximum Gasteiger partial charge on any atom is 0.350 e. The molecule has 0 radical (unpaired) electrons. The predicted molar refractivity (Wildman–Crippen MR) is 83.4 cm³/mol. The molecule has 0 fully saturated rings. The lowest BCUT2D eigenvalue weighted by atomic mass is 10.0. The fourth-order valence-corrected chi connectivity index (χ4v) is 3.05. The third kappa shape index (κ3) is 3.19. The van der Waals surface area contributed by atoms with Gasteiger partial charge in [-0.15, -0.1) is 0 Å². The molecule has 0 saturated heterocycles. The normalized spacial score (nSPS) is 12.0. The summed E-state index contributed by atoms with van der Waals surface area (Å²) >= 11 is 1.10. The van der Waals surface area contributed by atoms with E-state index in [2.05, 4.69) is 15.0 Å². The lowest BCUT2D eigenvalue weighted by Gasteiger charge is -2.09. The lowest BCUT2D eigenvalue weighted by Crippen LogP contribution is -2.18. The lowest BCUT2D eigenvalue weighted by molar-refractivity contribution is -0.117. The Kier molecular flexibility index (Phi) is 4.65. The molecule has 2 heterocycles. The molecule has 2 aromatic rings. The van der Waals surface area contributed by atoms with Gasteiger partial charge in [0.05, 0.1) is 18.7 Å². The molecule has 1 amide bonds. The summed E-state index contributed by atoms with van der Waals surface area (Å²) in [7, 11) is 1.31. The smallest absolute Gasteiger partial charge is 0.350 e. The minimum atomic E-state index is -0.454. The Balaban J connectivity index is 2.15. The third-order valence-electron chi connectivity index (χ3n) is 3.34. The van der Waals surface area contributed by atoms with Gasteiger partial charge in [0.25, 0.3) is 0 Å². The molecule has 7 heteroatoms.